The number of carbonyl (C=O) groups is 1. The average molecular weight is 454 g/mol. The highest BCUT2D eigenvalue weighted by Crippen LogP contribution is 2.33. The van der Waals surface area contributed by atoms with E-state index in [0.29, 0.717) is 26.7 Å². The molecule has 3 heterocycles. The lowest BCUT2D eigenvalue weighted by Crippen LogP contribution is -2.19. The molecule has 0 saturated heterocycles. The normalized spacial score (nSPS) is 11.5. The molecule has 0 aliphatic heterocycles. The van der Waals surface area contributed by atoms with Crippen molar-refractivity contribution < 1.29 is 18.0 Å². The summed E-state index contributed by atoms with van der Waals surface area (Å²) in [5.41, 5.74) is 1.34. The molecule has 0 bridgehead atoms. The summed E-state index contributed by atoms with van der Waals surface area (Å²) in [6.07, 6.45) is 2.44. The van der Waals surface area contributed by atoms with Gasteiger partial charge in [-0.2, -0.15) is 8.78 Å². The molecule has 0 saturated carbocycles. The van der Waals surface area contributed by atoms with Crippen LogP contribution in [0.4, 0.5) is 13.9 Å². The molecule has 0 aliphatic carbocycles. The third-order valence-electron chi connectivity index (χ3n) is 4.32. The van der Waals surface area contributed by atoms with Gasteiger partial charge in [0, 0.05) is 36.4 Å². The number of fused-ring (bicyclic) bond motifs is 1. The van der Waals surface area contributed by atoms with Gasteiger partial charge in [-0.15, -0.1) is 0 Å². The van der Waals surface area contributed by atoms with Crippen molar-refractivity contribution in [3.8, 4) is 10.7 Å². The number of rotatable bonds is 6. The molecule has 156 valence electrons. The van der Waals surface area contributed by atoms with Crippen molar-refractivity contribution in [3.63, 3.8) is 0 Å². The molecule has 0 atom stereocenters. The number of carbonyl (C=O) groups excluding carboxylic acids is 1. The summed E-state index contributed by atoms with van der Waals surface area (Å²) in [6.45, 7) is -0.999. The van der Waals surface area contributed by atoms with Crippen LogP contribution >= 0.6 is 22.9 Å². The number of aromatic nitrogens is 4. The molecule has 0 spiro atoms. The second kappa shape index (κ2) is 8.00. The highest BCUT2D eigenvalue weighted by Gasteiger charge is 2.19. The fourth-order valence-corrected chi connectivity index (χ4v) is 4.10. The summed E-state index contributed by atoms with van der Waals surface area (Å²) < 4.78 is 33.4. The lowest BCUT2D eigenvalue weighted by atomic mass is 10.3. The highest BCUT2D eigenvalue weighted by atomic mass is 35.5. The van der Waals surface area contributed by atoms with Gasteiger partial charge < -0.3 is 9.73 Å². The van der Waals surface area contributed by atoms with Gasteiger partial charge in [0.1, 0.15) is 0 Å². The predicted octanol–water partition coefficient (Wildman–Crippen LogP) is 4.30. The molecule has 1 aromatic carbocycles. The predicted molar refractivity (Wildman–Crippen MR) is 108 cm³/mol. The van der Waals surface area contributed by atoms with Gasteiger partial charge in [0.2, 0.25) is 5.91 Å². The molecular weight excluding hydrogens is 440 g/mol. The molecule has 4 rings (SSSR count). The molecule has 1 N–H and O–H groups in total. The van der Waals surface area contributed by atoms with Gasteiger partial charge in [-0.3, -0.25) is 13.9 Å². The molecule has 4 aromatic rings. The van der Waals surface area contributed by atoms with Crippen LogP contribution in [0.2, 0.25) is 5.02 Å². The van der Waals surface area contributed by atoms with E-state index < -0.39 is 12.3 Å². The van der Waals surface area contributed by atoms with Crippen LogP contribution in [-0.4, -0.2) is 25.0 Å². The molecule has 0 aliphatic rings. The van der Waals surface area contributed by atoms with Crippen molar-refractivity contribution in [1.82, 2.24) is 19.1 Å². The number of hydrogen-bond donors (Lipinski definition) is 1. The summed E-state index contributed by atoms with van der Waals surface area (Å²) >= 11 is 6.93. The third kappa shape index (κ3) is 3.85. The van der Waals surface area contributed by atoms with E-state index in [-0.39, 0.29) is 29.8 Å². The molecule has 8 nitrogen and oxygen atoms in total. The number of aryl methyl sites for hydroxylation is 2. The Labute approximate surface area is 176 Å². The maximum atomic E-state index is 13.1. The molecule has 0 fully saturated rings. The zero-order valence-electron chi connectivity index (χ0n) is 15.4. The number of alkyl halides is 2. The summed E-state index contributed by atoms with van der Waals surface area (Å²) in [5, 5.41) is 3.32. The number of nitrogens with zero attached hydrogens (tertiary/aromatic N) is 4. The van der Waals surface area contributed by atoms with Crippen LogP contribution in [0, 0.1) is 6.92 Å². The number of amides is 1. The van der Waals surface area contributed by atoms with Crippen LogP contribution in [0.1, 0.15) is 18.7 Å². The molecule has 3 aromatic heterocycles. The summed E-state index contributed by atoms with van der Waals surface area (Å²) in [4.78, 5) is 33.0. The average Bonchev–Trinajstić information content (AvgIpc) is 3.36. The first kappa shape index (κ1) is 20.2. The largest absolute Gasteiger partial charge is 0.419 e. The Kier molecular flexibility index (Phi) is 5.39. The minimum Gasteiger partial charge on any atom is -0.408 e. The number of anilines is 1. The second-order valence-corrected chi connectivity index (χ2v) is 7.73. The Hall–Kier alpha value is -3.05. The van der Waals surface area contributed by atoms with Crippen molar-refractivity contribution in [2.75, 3.05) is 5.32 Å². The van der Waals surface area contributed by atoms with Crippen molar-refractivity contribution in [2.45, 2.75) is 26.4 Å². The minimum atomic E-state index is -2.74. The minimum absolute atomic E-state index is 0.0171. The number of thiazole rings is 1. The van der Waals surface area contributed by atoms with Gasteiger partial charge in [-0.05, 0) is 19.1 Å². The molecular formula is C18H14ClF2N5O3S. The molecule has 0 unspecified atom stereocenters. The van der Waals surface area contributed by atoms with E-state index in [2.05, 4.69) is 15.3 Å². The summed E-state index contributed by atoms with van der Waals surface area (Å²) in [7, 11) is 0. The van der Waals surface area contributed by atoms with Crippen molar-refractivity contribution in [3.05, 3.63) is 51.9 Å². The zero-order valence-corrected chi connectivity index (χ0v) is 17.0. The number of oxazole rings is 1. The van der Waals surface area contributed by atoms with E-state index in [0.717, 1.165) is 15.9 Å². The van der Waals surface area contributed by atoms with Crippen molar-refractivity contribution >= 4 is 45.1 Å². The highest BCUT2D eigenvalue weighted by molar-refractivity contribution is 7.19. The van der Waals surface area contributed by atoms with Crippen molar-refractivity contribution in [1.29, 1.82) is 0 Å². The van der Waals surface area contributed by atoms with Gasteiger partial charge in [-0.1, -0.05) is 22.9 Å². The van der Waals surface area contributed by atoms with E-state index in [9.17, 15) is 18.4 Å². The third-order valence-corrected chi connectivity index (χ3v) is 5.62. The molecule has 12 heteroatoms. The van der Waals surface area contributed by atoms with Crippen LogP contribution in [0.25, 0.3) is 21.8 Å². The lowest BCUT2D eigenvalue weighted by molar-refractivity contribution is -0.116. The standard InChI is InChI=1S/C18H14ClF2N5O3S/c1-9-14(15-22-5-7-26(15)16(20)21)30-17(23-9)24-13(27)4-6-25-11-3-2-10(19)8-12(11)29-18(25)28/h2-3,5,7-8,16H,4,6H2,1H3,(H,23,24,27). The van der Waals surface area contributed by atoms with Gasteiger partial charge in [0.15, 0.2) is 16.5 Å². The Morgan fingerprint density at radius 2 is 2.20 bits per heavy atom. The summed E-state index contributed by atoms with van der Waals surface area (Å²) in [6, 6.07) is 4.79. The number of nitrogens with one attached hydrogen (secondary N) is 1. The fraction of sp³-hybridized carbons (Fsp3) is 0.222. The SMILES string of the molecule is Cc1nc(NC(=O)CCn2c(=O)oc3cc(Cl)ccc32)sc1-c1nccn1C(F)F. The van der Waals surface area contributed by atoms with Gasteiger partial charge in [0.05, 0.1) is 16.1 Å². The van der Waals surface area contributed by atoms with Crippen LogP contribution in [-0.2, 0) is 11.3 Å². The number of halogens is 3. The quantitative estimate of drug-likeness (QED) is 0.469. The van der Waals surface area contributed by atoms with E-state index in [4.69, 9.17) is 16.0 Å². The molecule has 1 amide bonds. The van der Waals surface area contributed by atoms with Gasteiger partial charge >= 0.3 is 12.3 Å². The Morgan fingerprint density at radius 1 is 1.40 bits per heavy atom. The van der Waals surface area contributed by atoms with E-state index in [1.165, 1.54) is 23.0 Å². The Morgan fingerprint density at radius 3 is 2.97 bits per heavy atom. The first-order valence-electron chi connectivity index (χ1n) is 8.71. The fourth-order valence-electron chi connectivity index (χ4n) is 2.95. The van der Waals surface area contributed by atoms with Gasteiger partial charge in [0.25, 0.3) is 0 Å². The van der Waals surface area contributed by atoms with Crippen LogP contribution in [0.15, 0.2) is 39.8 Å². The maximum absolute atomic E-state index is 13.1. The number of benzene rings is 1. The summed E-state index contributed by atoms with van der Waals surface area (Å²) in [5.74, 6) is -0.899. The monoisotopic (exact) mass is 453 g/mol. The van der Waals surface area contributed by atoms with Crippen LogP contribution in [0.5, 0.6) is 0 Å². The zero-order chi connectivity index (χ0) is 21.4. The number of hydrogen-bond acceptors (Lipinski definition) is 6. The Bertz CT molecular complexity index is 1290. The molecule has 0 radical (unpaired) electrons. The van der Waals surface area contributed by atoms with E-state index in [1.807, 2.05) is 0 Å². The smallest absolute Gasteiger partial charge is 0.408 e. The van der Waals surface area contributed by atoms with Gasteiger partial charge in [-0.25, -0.2) is 14.8 Å². The molecule has 30 heavy (non-hydrogen) atoms. The topological polar surface area (TPSA) is 94.9 Å². The second-order valence-electron chi connectivity index (χ2n) is 6.30. The first-order chi connectivity index (χ1) is 14.3. The first-order valence-corrected chi connectivity index (χ1v) is 9.90. The lowest BCUT2D eigenvalue weighted by Gasteiger charge is -2.04. The van der Waals surface area contributed by atoms with Crippen molar-refractivity contribution in [2.24, 2.45) is 0 Å². The van der Waals surface area contributed by atoms with E-state index >= 15 is 0 Å². The van der Waals surface area contributed by atoms with Crippen LogP contribution < -0.4 is 11.1 Å². The van der Waals surface area contributed by atoms with Crippen LogP contribution in [0.3, 0.4) is 0 Å². The number of imidazole rings is 1. The maximum Gasteiger partial charge on any atom is 0.419 e. The van der Waals surface area contributed by atoms with E-state index in [1.54, 1.807) is 19.1 Å². The Balaban J connectivity index is 1.47.